The minimum Gasteiger partial charge on any atom is -0.456 e. The molecule has 2 aromatic heterocycles. The molecule has 6 heterocycles. The van der Waals surface area contributed by atoms with Gasteiger partial charge in [0.05, 0.1) is 33.2 Å². The number of nitrogens with zero attached hydrogens (tertiary/aromatic N) is 4. The van der Waals surface area contributed by atoms with Crippen LogP contribution in [0.1, 0.15) is 148 Å². The Bertz CT molecular complexity index is 4430. The molecule has 2 saturated carbocycles. The second kappa shape index (κ2) is 17.5. The first-order valence-corrected chi connectivity index (χ1v) is 32.0. The third kappa shape index (κ3) is 6.81. The largest absolute Gasteiger partial charge is 0.456 e. The molecule has 0 radical (unpaired) electrons. The predicted octanol–water partition coefficient (Wildman–Crippen LogP) is 20.0. The van der Waals surface area contributed by atoms with E-state index >= 15 is 0 Å². The molecule has 11 aromatic rings. The number of para-hydroxylation sites is 2. The van der Waals surface area contributed by atoms with Crippen molar-refractivity contribution in [1.29, 1.82) is 0 Å². The predicted molar refractivity (Wildman–Crippen MR) is 363 cm³/mol. The maximum Gasteiger partial charge on any atom is 0.252 e. The molecule has 2 fully saturated rings. The van der Waals surface area contributed by atoms with Gasteiger partial charge >= 0.3 is 0 Å². The van der Waals surface area contributed by atoms with Crippen LogP contribution >= 0.6 is 0 Å². The highest BCUT2D eigenvalue weighted by Gasteiger charge is 2.60. The summed E-state index contributed by atoms with van der Waals surface area (Å²) in [4.78, 5) is 10.8. The van der Waals surface area contributed by atoms with Crippen LogP contribution in [-0.2, 0) is 21.7 Å². The first-order valence-electron chi connectivity index (χ1n) is 32.0. The smallest absolute Gasteiger partial charge is 0.252 e. The first kappa shape index (κ1) is 52.2. The maximum absolute atomic E-state index is 6.80. The summed E-state index contributed by atoms with van der Waals surface area (Å²) in [6.07, 6.45) is 9.49. The lowest BCUT2D eigenvalue weighted by Crippen LogP contribution is -2.61. The van der Waals surface area contributed by atoms with Gasteiger partial charge in [-0.2, -0.15) is 0 Å². The Labute approximate surface area is 507 Å². The van der Waals surface area contributed by atoms with Gasteiger partial charge in [0, 0.05) is 67.1 Å². The summed E-state index contributed by atoms with van der Waals surface area (Å²) < 4.78 is 13.6. The Kier molecular flexibility index (Phi) is 10.6. The number of hydrogen-bond donors (Lipinski definition) is 0. The summed E-state index contributed by atoms with van der Waals surface area (Å²) in [7, 11) is 0. The van der Waals surface area contributed by atoms with Gasteiger partial charge in [-0.25, -0.2) is 0 Å². The number of rotatable bonds is 4. The van der Waals surface area contributed by atoms with Gasteiger partial charge in [-0.3, -0.25) is 0 Å². The summed E-state index contributed by atoms with van der Waals surface area (Å²) >= 11 is 0. The number of anilines is 10. The molecule has 17 rings (SSSR count). The van der Waals surface area contributed by atoms with Crippen LogP contribution in [0.15, 0.2) is 179 Å². The normalized spacial score (nSPS) is 23.0. The third-order valence-electron chi connectivity index (χ3n) is 22.9. The topological polar surface area (TPSA) is 39.2 Å². The molecule has 0 spiro atoms. The van der Waals surface area contributed by atoms with E-state index in [2.05, 4.69) is 266 Å². The Hall–Kier alpha value is -8.16. The quantitative estimate of drug-likeness (QED) is 0.164. The highest BCUT2D eigenvalue weighted by atomic mass is 16.3. The van der Waals surface area contributed by atoms with Crippen molar-refractivity contribution in [3.63, 3.8) is 0 Å². The lowest BCUT2D eigenvalue weighted by atomic mass is 9.33. The van der Waals surface area contributed by atoms with Crippen molar-refractivity contribution in [3.8, 4) is 0 Å². The van der Waals surface area contributed by atoms with Crippen LogP contribution in [0.4, 0.5) is 56.9 Å². The van der Waals surface area contributed by atoms with Crippen molar-refractivity contribution < 1.29 is 8.83 Å². The number of benzene rings is 9. The van der Waals surface area contributed by atoms with E-state index in [0.717, 1.165) is 68.1 Å². The van der Waals surface area contributed by atoms with Gasteiger partial charge in [0.15, 0.2) is 0 Å². The van der Waals surface area contributed by atoms with Gasteiger partial charge in [-0.05, 0) is 186 Å². The van der Waals surface area contributed by atoms with E-state index in [1.807, 2.05) is 0 Å². The van der Waals surface area contributed by atoms with Crippen molar-refractivity contribution in [2.75, 3.05) is 19.6 Å². The SMILES string of the molecule is Cc1cc2c3c(c1)N(c1cccc4oc5ccccc5c14)c1cc(N4c5ccc(C(C)(C)C)cc5C5(C)CCCCC45C)ccc1B3c1ccc(N3c4ccc(C(C)(C)C)cc4C4(C)CCCCC34C)cc1N2c1cccc2oc3ccccc3c12. The molecule has 6 aliphatic rings. The van der Waals surface area contributed by atoms with Crippen molar-refractivity contribution in [2.24, 2.45) is 0 Å². The molecule has 4 unspecified atom stereocenters. The number of furan rings is 2. The average molecular weight is 1130 g/mol. The van der Waals surface area contributed by atoms with Gasteiger partial charge in [0.2, 0.25) is 0 Å². The molecule has 0 amide bonds. The molecule has 0 bridgehead atoms. The minimum absolute atomic E-state index is 0.0269. The maximum atomic E-state index is 6.80. The van der Waals surface area contributed by atoms with E-state index < -0.39 is 0 Å². The average Bonchev–Trinajstić information content (AvgIpc) is 1.27. The van der Waals surface area contributed by atoms with E-state index in [1.165, 1.54) is 128 Å². The highest BCUT2D eigenvalue weighted by molar-refractivity contribution is 7.00. The third-order valence-corrected chi connectivity index (χ3v) is 22.9. The molecule has 0 N–H and O–H groups in total. The zero-order valence-electron chi connectivity index (χ0n) is 52.0. The number of fused-ring (bicyclic) bond motifs is 16. The van der Waals surface area contributed by atoms with E-state index in [0.29, 0.717) is 0 Å². The van der Waals surface area contributed by atoms with Gasteiger partial charge in [0.25, 0.3) is 6.71 Å². The van der Waals surface area contributed by atoms with E-state index in [4.69, 9.17) is 8.83 Å². The second-order valence-electron chi connectivity index (χ2n) is 29.6. The van der Waals surface area contributed by atoms with Crippen molar-refractivity contribution in [2.45, 2.75) is 160 Å². The van der Waals surface area contributed by atoms with Gasteiger partial charge < -0.3 is 28.4 Å². The van der Waals surface area contributed by atoms with Crippen molar-refractivity contribution in [1.82, 2.24) is 0 Å². The summed E-state index contributed by atoms with van der Waals surface area (Å²) in [5.74, 6) is 0. The fourth-order valence-electron chi connectivity index (χ4n) is 18.0. The molecule has 86 heavy (non-hydrogen) atoms. The highest BCUT2D eigenvalue weighted by Crippen LogP contribution is 2.64. The van der Waals surface area contributed by atoms with Gasteiger partial charge in [-0.15, -0.1) is 0 Å². The zero-order valence-corrected chi connectivity index (χ0v) is 52.0. The first-order chi connectivity index (χ1) is 41.3. The Morgan fingerprint density at radius 1 is 0.395 bits per heavy atom. The molecule has 9 aromatic carbocycles. The van der Waals surface area contributed by atoms with Crippen LogP contribution in [-0.4, -0.2) is 17.8 Å². The fourth-order valence-corrected chi connectivity index (χ4v) is 18.0. The Morgan fingerprint density at radius 2 is 0.814 bits per heavy atom. The fraction of sp³-hybridized carbons (Fsp3) is 0.316. The Morgan fingerprint density at radius 3 is 1.26 bits per heavy atom. The molecule has 428 valence electrons. The summed E-state index contributed by atoms with van der Waals surface area (Å²) in [5.41, 5.74) is 26.4. The monoisotopic (exact) mass is 1120 g/mol. The number of aryl methyl sites for hydroxylation is 1. The molecule has 7 heteroatoms. The lowest BCUT2D eigenvalue weighted by molar-refractivity contribution is 0.195. The number of hydrogen-bond acceptors (Lipinski definition) is 6. The lowest BCUT2D eigenvalue weighted by Gasteiger charge is -2.51. The van der Waals surface area contributed by atoms with Crippen LogP contribution in [0, 0.1) is 6.92 Å². The van der Waals surface area contributed by atoms with E-state index in [-0.39, 0.29) is 39.5 Å². The van der Waals surface area contributed by atoms with Crippen LogP contribution < -0.4 is 36.0 Å². The molecular weight excluding hydrogens is 1050 g/mol. The van der Waals surface area contributed by atoms with Gasteiger partial charge in [-0.1, -0.05) is 166 Å². The standard InChI is InChI=1S/C79H77BN4O2/c1-48-42-65-73-66(43-48)82(62-25-21-29-70-72(62)54-23-13-15-27-68(54)86-70)64-47-52(84-60-37-31-50(75(5,6)7)45-56(60)77(9)39-17-19-41-79(77,84)11)33-35-58(64)80(73)57-34-32-51(46-63(57)81(65)61-24-20-28-69-71(61)53-22-12-14-26-67(53)85-69)83-59-36-30-49(74(2,3)4)44-55(59)76(8)38-16-18-40-78(76,83)10/h12-15,20-37,42-47H,16-19,38-41H2,1-11H3. The molecule has 4 aliphatic heterocycles. The van der Waals surface area contributed by atoms with Crippen LogP contribution in [0.5, 0.6) is 0 Å². The van der Waals surface area contributed by atoms with Crippen LogP contribution in [0.2, 0.25) is 0 Å². The Balaban J connectivity index is 0.956. The van der Waals surface area contributed by atoms with E-state index in [9.17, 15) is 0 Å². The van der Waals surface area contributed by atoms with Crippen LogP contribution in [0.3, 0.4) is 0 Å². The molecule has 0 saturated heterocycles. The minimum atomic E-state index is -0.138. The van der Waals surface area contributed by atoms with Gasteiger partial charge in [0.1, 0.15) is 22.3 Å². The molecule has 4 atom stereocenters. The molecule has 6 nitrogen and oxygen atoms in total. The van der Waals surface area contributed by atoms with Crippen molar-refractivity contribution >= 4 is 124 Å². The molecule has 2 aliphatic carbocycles. The van der Waals surface area contributed by atoms with Crippen LogP contribution in [0.25, 0.3) is 43.9 Å². The second-order valence-corrected chi connectivity index (χ2v) is 29.6. The molecular formula is C79H77BN4O2. The summed E-state index contributed by atoms with van der Waals surface area (Å²) in [5, 5.41) is 4.48. The summed E-state index contributed by atoms with van der Waals surface area (Å²) in [6.45, 7) is 26.7. The van der Waals surface area contributed by atoms with Crippen molar-refractivity contribution in [3.05, 3.63) is 198 Å². The summed E-state index contributed by atoms with van der Waals surface area (Å²) in [6, 6.07) is 65.7. The van der Waals surface area contributed by atoms with E-state index in [1.54, 1.807) is 0 Å². The zero-order chi connectivity index (χ0) is 58.8.